The fourth-order valence-corrected chi connectivity index (χ4v) is 4.56. The summed E-state index contributed by atoms with van der Waals surface area (Å²) in [5.41, 5.74) is 5.41. The van der Waals surface area contributed by atoms with Gasteiger partial charge in [0.25, 0.3) is 0 Å². The van der Waals surface area contributed by atoms with Crippen molar-refractivity contribution in [1.29, 1.82) is 0 Å². The minimum atomic E-state index is 0.196. The SMILES string of the molecule is CCCCc1c(SC(C)(C)C)c(CC)c(CC)n1OCc1ccccc1. The van der Waals surface area contributed by atoms with Crippen molar-refractivity contribution in [2.24, 2.45) is 0 Å². The number of benzene rings is 1. The van der Waals surface area contributed by atoms with Crippen LogP contribution < -0.4 is 4.84 Å². The molecule has 0 saturated heterocycles. The third-order valence-electron chi connectivity index (χ3n) is 4.44. The number of nitrogens with zero attached hydrogens (tertiary/aromatic N) is 1. The molecule has 0 radical (unpaired) electrons. The summed E-state index contributed by atoms with van der Waals surface area (Å²) in [6.07, 6.45) is 5.54. The average molecular weight is 374 g/mol. The maximum Gasteiger partial charge on any atom is 0.140 e. The molecule has 0 bridgehead atoms. The van der Waals surface area contributed by atoms with Gasteiger partial charge in [-0.25, -0.2) is 0 Å². The Labute approximate surface area is 164 Å². The second-order valence-corrected chi connectivity index (χ2v) is 9.62. The van der Waals surface area contributed by atoms with Crippen LogP contribution in [0.2, 0.25) is 0 Å². The van der Waals surface area contributed by atoms with Crippen LogP contribution in [0.5, 0.6) is 0 Å². The van der Waals surface area contributed by atoms with Gasteiger partial charge in [0.1, 0.15) is 6.61 Å². The highest BCUT2D eigenvalue weighted by Crippen LogP contribution is 2.40. The quantitative estimate of drug-likeness (QED) is 0.467. The number of hydrogen-bond donors (Lipinski definition) is 0. The Bertz CT molecular complexity index is 682. The Morgan fingerprint density at radius 3 is 2.19 bits per heavy atom. The van der Waals surface area contributed by atoms with Crippen LogP contribution in [0, 0.1) is 0 Å². The van der Waals surface area contributed by atoms with E-state index in [9.17, 15) is 0 Å². The van der Waals surface area contributed by atoms with E-state index in [1.54, 1.807) is 0 Å². The molecule has 2 rings (SSSR count). The fourth-order valence-electron chi connectivity index (χ4n) is 3.26. The smallest absolute Gasteiger partial charge is 0.140 e. The van der Waals surface area contributed by atoms with Gasteiger partial charge in [-0.2, -0.15) is 4.73 Å². The van der Waals surface area contributed by atoms with Crippen molar-refractivity contribution < 1.29 is 4.84 Å². The molecule has 0 aliphatic rings. The highest BCUT2D eigenvalue weighted by molar-refractivity contribution is 8.00. The summed E-state index contributed by atoms with van der Waals surface area (Å²) in [5.74, 6) is 0. The highest BCUT2D eigenvalue weighted by Gasteiger charge is 2.25. The Hall–Kier alpha value is -1.35. The number of thioether (sulfide) groups is 1. The Balaban J connectivity index is 2.44. The van der Waals surface area contributed by atoms with Gasteiger partial charge in [-0.15, -0.1) is 11.8 Å². The van der Waals surface area contributed by atoms with Gasteiger partial charge in [-0.05, 0) is 36.8 Å². The first-order chi connectivity index (χ1) is 12.4. The monoisotopic (exact) mass is 373 g/mol. The largest absolute Gasteiger partial charge is 0.409 e. The van der Waals surface area contributed by atoms with Crippen LogP contribution in [0.3, 0.4) is 0 Å². The van der Waals surface area contributed by atoms with Crippen LogP contribution in [0.15, 0.2) is 35.2 Å². The molecule has 0 atom stereocenters. The zero-order valence-corrected chi connectivity index (χ0v) is 18.2. The molecule has 2 nitrogen and oxygen atoms in total. The van der Waals surface area contributed by atoms with E-state index in [1.807, 2.05) is 11.8 Å². The Morgan fingerprint density at radius 2 is 1.65 bits per heavy atom. The van der Waals surface area contributed by atoms with Gasteiger partial charge in [0.15, 0.2) is 0 Å². The summed E-state index contributed by atoms with van der Waals surface area (Å²) in [6.45, 7) is 14.3. The van der Waals surface area contributed by atoms with Crippen molar-refractivity contribution in [3.63, 3.8) is 0 Å². The molecule has 1 heterocycles. The third-order valence-corrected chi connectivity index (χ3v) is 5.74. The summed E-state index contributed by atoms with van der Waals surface area (Å²) < 4.78 is 2.37. The Morgan fingerprint density at radius 1 is 0.962 bits per heavy atom. The molecule has 0 saturated carbocycles. The van der Waals surface area contributed by atoms with Crippen LogP contribution in [0.4, 0.5) is 0 Å². The number of rotatable bonds is 9. The Kier molecular flexibility index (Phi) is 7.69. The molecular formula is C23H35NOS. The van der Waals surface area contributed by atoms with E-state index >= 15 is 0 Å². The predicted molar refractivity (Wildman–Crippen MR) is 114 cm³/mol. The summed E-state index contributed by atoms with van der Waals surface area (Å²) in [4.78, 5) is 7.84. The molecule has 0 N–H and O–H groups in total. The van der Waals surface area contributed by atoms with Gasteiger partial charge in [0.05, 0.1) is 11.4 Å². The second kappa shape index (κ2) is 9.55. The van der Waals surface area contributed by atoms with Crippen molar-refractivity contribution in [3.05, 3.63) is 52.8 Å². The molecule has 26 heavy (non-hydrogen) atoms. The molecule has 0 fully saturated rings. The molecule has 0 aliphatic heterocycles. The molecule has 0 spiro atoms. The second-order valence-electron chi connectivity index (χ2n) is 7.78. The lowest BCUT2D eigenvalue weighted by Crippen LogP contribution is -2.17. The van der Waals surface area contributed by atoms with Crippen molar-refractivity contribution in [2.45, 2.75) is 89.9 Å². The summed E-state index contributed by atoms with van der Waals surface area (Å²) in [7, 11) is 0. The molecule has 3 heteroatoms. The van der Waals surface area contributed by atoms with E-state index < -0.39 is 0 Å². The van der Waals surface area contributed by atoms with Crippen molar-refractivity contribution in [1.82, 2.24) is 4.73 Å². The van der Waals surface area contributed by atoms with Crippen molar-refractivity contribution in [2.75, 3.05) is 0 Å². The van der Waals surface area contributed by atoms with E-state index in [0.717, 1.165) is 19.3 Å². The number of aromatic nitrogens is 1. The van der Waals surface area contributed by atoms with E-state index in [4.69, 9.17) is 4.84 Å². The van der Waals surface area contributed by atoms with Crippen LogP contribution >= 0.6 is 11.8 Å². The number of unbranched alkanes of at least 4 members (excludes halogenated alkanes) is 1. The van der Waals surface area contributed by atoms with E-state index in [2.05, 4.69) is 76.6 Å². The van der Waals surface area contributed by atoms with Gasteiger partial charge in [-0.1, -0.05) is 78.3 Å². The van der Waals surface area contributed by atoms with Crippen LogP contribution in [-0.2, 0) is 25.9 Å². The lowest BCUT2D eigenvalue weighted by Gasteiger charge is -2.20. The first kappa shape index (κ1) is 21.0. The molecule has 0 aliphatic carbocycles. The van der Waals surface area contributed by atoms with E-state index in [1.165, 1.54) is 40.3 Å². The van der Waals surface area contributed by atoms with Gasteiger partial charge in [-0.3, -0.25) is 0 Å². The number of hydrogen-bond acceptors (Lipinski definition) is 2. The van der Waals surface area contributed by atoms with Crippen LogP contribution in [-0.4, -0.2) is 9.48 Å². The van der Waals surface area contributed by atoms with Gasteiger partial charge in [0.2, 0.25) is 0 Å². The normalized spacial score (nSPS) is 11.8. The maximum atomic E-state index is 6.38. The molecule has 1 aromatic heterocycles. The molecule has 0 unspecified atom stereocenters. The van der Waals surface area contributed by atoms with Gasteiger partial charge >= 0.3 is 0 Å². The minimum absolute atomic E-state index is 0.196. The molecule has 0 amide bonds. The standard InChI is InChI=1S/C23H35NOS/c1-7-10-16-21-22(26-23(4,5)6)19(8-2)20(9-3)24(21)25-17-18-14-12-11-13-15-18/h11-15H,7-10,16-17H2,1-6H3. The third kappa shape index (κ3) is 5.33. The lowest BCUT2D eigenvalue weighted by molar-refractivity contribution is 0.0848. The predicted octanol–water partition coefficient (Wildman–Crippen LogP) is 6.47. The van der Waals surface area contributed by atoms with Crippen molar-refractivity contribution >= 4 is 11.8 Å². The maximum absolute atomic E-state index is 6.38. The van der Waals surface area contributed by atoms with Crippen molar-refractivity contribution in [3.8, 4) is 0 Å². The zero-order valence-electron chi connectivity index (χ0n) is 17.4. The lowest BCUT2D eigenvalue weighted by atomic mass is 10.1. The minimum Gasteiger partial charge on any atom is -0.409 e. The summed E-state index contributed by atoms with van der Waals surface area (Å²) in [6, 6.07) is 10.5. The topological polar surface area (TPSA) is 14.2 Å². The average Bonchev–Trinajstić information content (AvgIpc) is 2.89. The first-order valence-electron chi connectivity index (χ1n) is 10.0. The van der Waals surface area contributed by atoms with E-state index in [-0.39, 0.29) is 4.75 Å². The zero-order chi connectivity index (χ0) is 19.2. The molecular weight excluding hydrogens is 338 g/mol. The van der Waals surface area contributed by atoms with Crippen LogP contribution in [0.25, 0.3) is 0 Å². The molecule has 1 aromatic carbocycles. The molecule has 2 aromatic rings. The van der Waals surface area contributed by atoms with Crippen LogP contribution in [0.1, 0.15) is 76.9 Å². The summed E-state index contributed by atoms with van der Waals surface area (Å²) >= 11 is 2.00. The highest BCUT2D eigenvalue weighted by atomic mass is 32.2. The summed E-state index contributed by atoms with van der Waals surface area (Å²) in [5, 5.41) is 0. The fraction of sp³-hybridized carbons (Fsp3) is 0.565. The first-order valence-corrected chi connectivity index (χ1v) is 10.8. The van der Waals surface area contributed by atoms with Gasteiger partial charge in [0, 0.05) is 9.64 Å². The van der Waals surface area contributed by atoms with E-state index in [0.29, 0.717) is 6.61 Å². The molecule has 144 valence electrons. The van der Waals surface area contributed by atoms with Gasteiger partial charge < -0.3 is 4.84 Å².